The molecule has 0 radical (unpaired) electrons. The summed E-state index contributed by atoms with van der Waals surface area (Å²) in [5.74, 6) is -2.66. The fourth-order valence-corrected chi connectivity index (χ4v) is 2.10. The van der Waals surface area contributed by atoms with E-state index in [9.17, 15) is 19.5 Å². The number of hydrogen-bond donors (Lipinski definition) is 5. The molecule has 8 nitrogen and oxygen atoms in total. The van der Waals surface area contributed by atoms with Gasteiger partial charge in [-0.05, 0) is 30.5 Å². The highest BCUT2D eigenvalue weighted by Crippen LogP contribution is 2.09. The largest absolute Gasteiger partial charge is 0.373 e. The van der Waals surface area contributed by atoms with Crippen LogP contribution in [0.1, 0.15) is 0 Å². The summed E-state index contributed by atoms with van der Waals surface area (Å²) in [4.78, 5) is 34.7. The lowest BCUT2D eigenvalue weighted by atomic mass is 10.0. The maximum Gasteiger partial charge on any atom is 0.263 e. The molecule has 0 aromatic carbocycles. The van der Waals surface area contributed by atoms with Gasteiger partial charge in [-0.1, -0.05) is 12.2 Å². The Hall–Kier alpha value is -2.17. The Labute approximate surface area is 129 Å². The number of thiocarbonyl (C=S) groups is 2. The predicted molar refractivity (Wildman–Crippen MR) is 79.5 cm³/mol. The third-order valence-electron chi connectivity index (χ3n) is 2.68. The molecule has 2 heterocycles. The molecule has 2 aliphatic heterocycles. The Morgan fingerprint density at radius 2 is 1.62 bits per heavy atom. The van der Waals surface area contributed by atoms with E-state index in [0.717, 1.165) is 0 Å². The topological polar surface area (TPSA) is 120 Å². The first kappa shape index (κ1) is 15.2. The molecule has 0 spiro atoms. The van der Waals surface area contributed by atoms with Gasteiger partial charge in [0.1, 0.15) is 17.7 Å². The number of carbonyl (C=O) groups is 3. The lowest BCUT2D eigenvalue weighted by molar-refractivity contribution is -0.127. The fraction of sp³-hybridized carbons (Fsp3) is 0.182. The molecule has 3 amide bonds. The summed E-state index contributed by atoms with van der Waals surface area (Å²) < 4.78 is 0. The lowest BCUT2D eigenvalue weighted by Crippen LogP contribution is -2.57. The predicted octanol–water partition coefficient (Wildman–Crippen LogP) is -2.06. The summed E-state index contributed by atoms with van der Waals surface area (Å²) in [6, 6.07) is 0. The molecule has 0 bridgehead atoms. The molecule has 2 saturated heterocycles. The number of amides is 3. The first-order chi connectivity index (χ1) is 9.88. The van der Waals surface area contributed by atoms with Gasteiger partial charge in [0.2, 0.25) is 5.91 Å². The summed E-state index contributed by atoms with van der Waals surface area (Å²) >= 11 is 9.37. The van der Waals surface area contributed by atoms with Crippen molar-refractivity contribution < 1.29 is 19.5 Å². The molecule has 2 aliphatic rings. The molecule has 110 valence electrons. The second-order valence-electron chi connectivity index (χ2n) is 4.14. The zero-order valence-electron chi connectivity index (χ0n) is 10.4. The average molecular weight is 326 g/mol. The SMILES string of the molecule is O=C1NC(=S)NC(=O)C1=C/C=C/C1C(=O)NC(=S)NC1O. The zero-order valence-corrected chi connectivity index (χ0v) is 12.0. The van der Waals surface area contributed by atoms with Crippen LogP contribution in [-0.4, -0.2) is 39.3 Å². The smallest absolute Gasteiger partial charge is 0.263 e. The van der Waals surface area contributed by atoms with Crippen LogP contribution in [0.3, 0.4) is 0 Å². The van der Waals surface area contributed by atoms with E-state index in [0.29, 0.717) is 0 Å². The van der Waals surface area contributed by atoms with Gasteiger partial charge >= 0.3 is 0 Å². The highest BCUT2D eigenvalue weighted by molar-refractivity contribution is 7.80. The Bertz CT molecular complexity index is 591. The van der Waals surface area contributed by atoms with Crippen molar-refractivity contribution in [3.63, 3.8) is 0 Å². The molecule has 0 aromatic heterocycles. The standard InChI is InChI=1S/C11H10N4O4S2/c16-6-4(7(17)13-10(20)12-6)2-1-3-5-8(18)14-11(21)15-9(5)19/h1-4,6,16H,(H2,12,13,17,20)(H2,14,15,18,19,21)/b2-1+. The van der Waals surface area contributed by atoms with E-state index in [1.807, 2.05) is 0 Å². The van der Waals surface area contributed by atoms with Crippen LogP contribution in [0, 0.1) is 5.92 Å². The van der Waals surface area contributed by atoms with Gasteiger partial charge in [-0.25, -0.2) is 0 Å². The van der Waals surface area contributed by atoms with Gasteiger partial charge in [0, 0.05) is 0 Å². The minimum absolute atomic E-state index is 0.0371. The number of nitrogens with one attached hydrogen (secondary N) is 4. The van der Waals surface area contributed by atoms with Crippen molar-refractivity contribution in [2.75, 3.05) is 0 Å². The van der Waals surface area contributed by atoms with Gasteiger partial charge in [0.15, 0.2) is 10.2 Å². The first-order valence-corrected chi connectivity index (χ1v) is 6.54. The van der Waals surface area contributed by atoms with Crippen molar-refractivity contribution in [1.29, 1.82) is 0 Å². The maximum absolute atomic E-state index is 11.6. The molecule has 2 atom stereocenters. The van der Waals surface area contributed by atoms with Crippen molar-refractivity contribution in [3.05, 3.63) is 23.8 Å². The summed E-state index contributed by atoms with van der Waals surface area (Å²) in [7, 11) is 0. The Balaban J connectivity index is 2.10. The number of carbonyl (C=O) groups excluding carboxylic acids is 3. The van der Waals surface area contributed by atoms with Crippen LogP contribution in [0.4, 0.5) is 0 Å². The molecule has 2 unspecified atom stereocenters. The van der Waals surface area contributed by atoms with Gasteiger partial charge in [-0.15, -0.1) is 0 Å². The van der Waals surface area contributed by atoms with E-state index in [2.05, 4.69) is 33.5 Å². The number of aliphatic hydroxyl groups excluding tert-OH is 1. The van der Waals surface area contributed by atoms with Crippen molar-refractivity contribution in [3.8, 4) is 0 Å². The summed E-state index contributed by atoms with van der Waals surface area (Å²) in [5.41, 5.74) is -0.158. The molecule has 2 rings (SSSR count). The molecule has 21 heavy (non-hydrogen) atoms. The summed E-state index contributed by atoms with van der Waals surface area (Å²) in [6.07, 6.45) is 2.71. The molecule has 0 aromatic rings. The molecule has 2 fully saturated rings. The number of hydrogen-bond acceptors (Lipinski definition) is 6. The minimum Gasteiger partial charge on any atom is -0.373 e. The van der Waals surface area contributed by atoms with Crippen LogP contribution < -0.4 is 21.3 Å². The Kier molecular flexibility index (Phi) is 4.40. The molecule has 5 N–H and O–H groups in total. The quantitative estimate of drug-likeness (QED) is 0.225. The Morgan fingerprint density at radius 3 is 2.19 bits per heavy atom. The second-order valence-corrected chi connectivity index (χ2v) is 4.95. The lowest BCUT2D eigenvalue weighted by Gasteiger charge is -2.27. The monoisotopic (exact) mass is 326 g/mol. The van der Waals surface area contributed by atoms with Crippen LogP contribution in [-0.2, 0) is 14.4 Å². The fourth-order valence-electron chi connectivity index (χ4n) is 1.69. The second kappa shape index (κ2) is 6.08. The number of allylic oxidation sites excluding steroid dienone is 2. The number of aliphatic hydroxyl groups is 1. The summed E-state index contributed by atoms with van der Waals surface area (Å²) in [5, 5.41) is 19.0. The van der Waals surface area contributed by atoms with Gasteiger partial charge in [0.25, 0.3) is 11.8 Å². The van der Waals surface area contributed by atoms with Crippen LogP contribution in [0.15, 0.2) is 23.8 Å². The van der Waals surface area contributed by atoms with Gasteiger partial charge in [0.05, 0.1) is 0 Å². The van der Waals surface area contributed by atoms with Crippen LogP contribution in [0.25, 0.3) is 0 Å². The van der Waals surface area contributed by atoms with Gasteiger partial charge < -0.3 is 15.7 Å². The van der Waals surface area contributed by atoms with Crippen molar-refractivity contribution in [2.24, 2.45) is 5.92 Å². The van der Waals surface area contributed by atoms with E-state index in [1.165, 1.54) is 18.2 Å². The van der Waals surface area contributed by atoms with Gasteiger partial charge in [-0.3, -0.25) is 25.0 Å². The van der Waals surface area contributed by atoms with Crippen LogP contribution in [0.5, 0.6) is 0 Å². The van der Waals surface area contributed by atoms with Crippen molar-refractivity contribution >= 4 is 52.4 Å². The van der Waals surface area contributed by atoms with E-state index in [1.54, 1.807) is 0 Å². The molecule has 0 saturated carbocycles. The van der Waals surface area contributed by atoms with Crippen LogP contribution >= 0.6 is 24.4 Å². The van der Waals surface area contributed by atoms with Crippen molar-refractivity contribution in [1.82, 2.24) is 21.3 Å². The average Bonchev–Trinajstić information content (AvgIpc) is 2.34. The highest BCUT2D eigenvalue weighted by Gasteiger charge is 2.30. The third kappa shape index (κ3) is 3.48. The normalized spacial score (nSPS) is 26.1. The zero-order chi connectivity index (χ0) is 15.6. The molecule has 0 aliphatic carbocycles. The van der Waals surface area contributed by atoms with Crippen molar-refractivity contribution in [2.45, 2.75) is 6.23 Å². The van der Waals surface area contributed by atoms with E-state index < -0.39 is 29.9 Å². The number of rotatable bonds is 2. The summed E-state index contributed by atoms with van der Waals surface area (Å²) in [6.45, 7) is 0. The molecule has 10 heteroatoms. The highest BCUT2D eigenvalue weighted by atomic mass is 32.1. The van der Waals surface area contributed by atoms with E-state index in [4.69, 9.17) is 12.2 Å². The molecular formula is C11H10N4O4S2. The minimum atomic E-state index is -1.18. The molecular weight excluding hydrogens is 316 g/mol. The first-order valence-electron chi connectivity index (χ1n) is 5.73. The van der Waals surface area contributed by atoms with Crippen LogP contribution in [0.2, 0.25) is 0 Å². The Morgan fingerprint density at radius 1 is 1.00 bits per heavy atom. The van der Waals surface area contributed by atoms with E-state index >= 15 is 0 Å². The third-order valence-corrected chi connectivity index (χ3v) is 3.11. The van der Waals surface area contributed by atoms with E-state index in [-0.39, 0.29) is 15.8 Å². The van der Waals surface area contributed by atoms with Gasteiger partial charge in [-0.2, -0.15) is 0 Å². The maximum atomic E-state index is 11.6.